The highest BCUT2D eigenvalue weighted by Crippen LogP contribution is 2.27. The molecule has 3 aromatic rings. The van der Waals surface area contributed by atoms with E-state index < -0.39 is 0 Å². The van der Waals surface area contributed by atoms with Crippen LogP contribution in [-0.4, -0.2) is 25.3 Å². The number of aryl methyl sites for hydroxylation is 1. The SMILES string of the molecule is C#CCSc1nc2c(-c3cccc(C#N)c3)c(C)nn2c(=O)[nH]1. The van der Waals surface area contributed by atoms with E-state index in [0.29, 0.717) is 27.8 Å². The van der Waals surface area contributed by atoms with Crippen LogP contribution in [0.4, 0.5) is 0 Å². The molecule has 0 aliphatic heterocycles. The number of hydrogen-bond donors (Lipinski definition) is 1. The minimum atomic E-state index is -0.375. The van der Waals surface area contributed by atoms with Gasteiger partial charge in [-0.1, -0.05) is 29.8 Å². The van der Waals surface area contributed by atoms with E-state index in [0.717, 1.165) is 11.1 Å². The molecule has 0 bridgehead atoms. The molecule has 112 valence electrons. The Labute approximate surface area is 136 Å². The summed E-state index contributed by atoms with van der Waals surface area (Å²) in [7, 11) is 0. The number of hydrogen-bond acceptors (Lipinski definition) is 5. The summed E-state index contributed by atoms with van der Waals surface area (Å²) in [6, 6.07) is 9.23. The standard InChI is InChI=1S/C16H11N5OS/c1-3-7-23-15-18-14-13(10(2)20-21(14)16(22)19-15)12-6-4-5-11(8-12)9-17/h1,4-6,8H,7H2,2H3,(H,18,19,22). The van der Waals surface area contributed by atoms with Crippen molar-refractivity contribution in [1.29, 1.82) is 5.26 Å². The fourth-order valence-electron chi connectivity index (χ4n) is 2.29. The van der Waals surface area contributed by atoms with Crippen molar-refractivity contribution in [3.63, 3.8) is 0 Å². The number of nitrogens with one attached hydrogen (secondary N) is 1. The van der Waals surface area contributed by atoms with Crippen LogP contribution in [0.15, 0.2) is 34.2 Å². The third-order valence-electron chi connectivity index (χ3n) is 3.22. The van der Waals surface area contributed by atoms with Gasteiger partial charge in [0.15, 0.2) is 10.8 Å². The molecule has 0 spiro atoms. The van der Waals surface area contributed by atoms with Crippen molar-refractivity contribution in [3.05, 3.63) is 46.0 Å². The van der Waals surface area contributed by atoms with Gasteiger partial charge < -0.3 is 0 Å². The molecule has 0 aliphatic rings. The van der Waals surface area contributed by atoms with Gasteiger partial charge in [-0.3, -0.25) is 4.98 Å². The summed E-state index contributed by atoms with van der Waals surface area (Å²) < 4.78 is 1.23. The van der Waals surface area contributed by atoms with E-state index in [2.05, 4.69) is 27.1 Å². The van der Waals surface area contributed by atoms with Crippen LogP contribution in [-0.2, 0) is 0 Å². The molecule has 0 radical (unpaired) electrons. The lowest BCUT2D eigenvalue weighted by Crippen LogP contribution is -2.19. The minimum absolute atomic E-state index is 0.375. The molecule has 2 aromatic heterocycles. The zero-order valence-corrected chi connectivity index (χ0v) is 13.0. The van der Waals surface area contributed by atoms with E-state index in [1.807, 2.05) is 6.07 Å². The number of aromatic amines is 1. The fourth-order valence-corrected chi connectivity index (χ4v) is 2.82. The normalized spacial score (nSPS) is 10.4. The molecular weight excluding hydrogens is 310 g/mol. The molecule has 1 aromatic carbocycles. The van der Waals surface area contributed by atoms with Crippen LogP contribution in [0.25, 0.3) is 16.8 Å². The van der Waals surface area contributed by atoms with Crippen molar-refractivity contribution in [2.24, 2.45) is 0 Å². The Morgan fingerprint density at radius 1 is 1.48 bits per heavy atom. The predicted molar refractivity (Wildman–Crippen MR) is 88.1 cm³/mol. The summed E-state index contributed by atoms with van der Waals surface area (Å²) in [4.78, 5) is 19.3. The first kappa shape index (κ1) is 14.9. The number of fused-ring (bicyclic) bond motifs is 1. The van der Waals surface area contributed by atoms with E-state index in [4.69, 9.17) is 11.7 Å². The molecule has 1 N–H and O–H groups in total. The number of nitrogens with zero attached hydrogens (tertiary/aromatic N) is 4. The van der Waals surface area contributed by atoms with Gasteiger partial charge >= 0.3 is 5.69 Å². The lowest BCUT2D eigenvalue weighted by Gasteiger charge is -2.02. The quantitative estimate of drug-likeness (QED) is 0.589. The number of thioether (sulfide) groups is 1. The Hall–Kier alpha value is -3.03. The Bertz CT molecular complexity index is 1040. The first-order valence-corrected chi connectivity index (χ1v) is 7.69. The monoisotopic (exact) mass is 321 g/mol. The Kier molecular flexibility index (Phi) is 3.88. The summed E-state index contributed by atoms with van der Waals surface area (Å²) >= 11 is 1.27. The van der Waals surface area contributed by atoms with Gasteiger partial charge in [0.25, 0.3) is 0 Å². The number of nitriles is 1. The van der Waals surface area contributed by atoms with E-state index in [9.17, 15) is 4.79 Å². The van der Waals surface area contributed by atoms with Gasteiger partial charge in [-0.15, -0.1) is 6.42 Å². The van der Waals surface area contributed by atoms with Gasteiger partial charge in [-0.05, 0) is 24.6 Å². The van der Waals surface area contributed by atoms with Crippen LogP contribution < -0.4 is 5.69 Å². The van der Waals surface area contributed by atoms with Gasteiger partial charge in [0, 0.05) is 5.56 Å². The van der Waals surface area contributed by atoms with Crippen LogP contribution >= 0.6 is 11.8 Å². The largest absolute Gasteiger partial charge is 0.350 e. The number of rotatable bonds is 3. The maximum absolute atomic E-state index is 12.2. The number of benzene rings is 1. The average molecular weight is 321 g/mol. The van der Waals surface area contributed by atoms with Crippen molar-refractivity contribution in [2.75, 3.05) is 5.75 Å². The third-order valence-corrected chi connectivity index (χ3v) is 4.00. The Balaban J connectivity index is 2.26. The number of H-pyrrole nitrogens is 1. The molecule has 0 fully saturated rings. The van der Waals surface area contributed by atoms with E-state index >= 15 is 0 Å². The zero-order valence-electron chi connectivity index (χ0n) is 12.2. The zero-order chi connectivity index (χ0) is 16.4. The molecule has 0 saturated heterocycles. The van der Waals surface area contributed by atoms with Crippen LogP contribution in [0.3, 0.4) is 0 Å². The second kappa shape index (κ2) is 5.99. The predicted octanol–water partition coefficient (Wildman–Crippen LogP) is 1.99. The van der Waals surface area contributed by atoms with Crippen LogP contribution in [0.5, 0.6) is 0 Å². The molecule has 0 saturated carbocycles. The molecule has 3 rings (SSSR count). The van der Waals surface area contributed by atoms with Gasteiger partial charge in [0.1, 0.15) is 0 Å². The number of aromatic nitrogens is 4. The lowest BCUT2D eigenvalue weighted by molar-refractivity contribution is 0.780. The summed E-state index contributed by atoms with van der Waals surface area (Å²) in [6.07, 6.45) is 5.25. The second-order valence-electron chi connectivity index (χ2n) is 4.73. The molecule has 2 heterocycles. The summed E-state index contributed by atoms with van der Waals surface area (Å²) in [6.45, 7) is 1.80. The maximum atomic E-state index is 12.2. The lowest BCUT2D eigenvalue weighted by atomic mass is 10.0. The van der Waals surface area contributed by atoms with Crippen molar-refractivity contribution in [3.8, 4) is 29.5 Å². The fraction of sp³-hybridized carbons (Fsp3) is 0.125. The van der Waals surface area contributed by atoms with Crippen molar-refractivity contribution < 1.29 is 0 Å². The average Bonchev–Trinajstić information content (AvgIpc) is 2.89. The molecule has 0 aliphatic carbocycles. The van der Waals surface area contributed by atoms with Crippen LogP contribution in [0, 0.1) is 30.6 Å². The highest BCUT2D eigenvalue weighted by atomic mass is 32.2. The first-order chi connectivity index (χ1) is 11.1. The molecule has 7 heteroatoms. The summed E-state index contributed by atoms with van der Waals surface area (Å²) in [5.41, 5.74) is 2.80. The van der Waals surface area contributed by atoms with Gasteiger partial charge in [0.05, 0.1) is 23.1 Å². The van der Waals surface area contributed by atoms with Crippen LogP contribution in [0.1, 0.15) is 11.3 Å². The molecule has 0 amide bonds. The highest BCUT2D eigenvalue weighted by Gasteiger charge is 2.16. The molecule has 0 unspecified atom stereocenters. The summed E-state index contributed by atoms with van der Waals surface area (Å²) in [5.74, 6) is 2.90. The van der Waals surface area contributed by atoms with E-state index in [-0.39, 0.29) is 5.69 Å². The molecule has 0 atom stereocenters. The minimum Gasteiger partial charge on any atom is -0.285 e. The van der Waals surface area contributed by atoms with Crippen molar-refractivity contribution in [2.45, 2.75) is 12.1 Å². The number of terminal acetylenes is 1. The Morgan fingerprint density at radius 2 is 2.30 bits per heavy atom. The van der Waals surface area contributed by atoms with Crippen molar-refractivity contribution >= 4 is 17.4 Å². The first-order valence-electron chi connectivity index (χ1n) is 6.70. The van der Waals surface area contributed by atoms with Gasteiger partial charge in [-0.2, -0.15) is 14.9 Å². The molecule has 6 nitrogen and oxygen atoms in total. The topological polar surface area (TPSA) is 86.8 Å². The van der Waals surface area contributed by atoms with E-state index in [1.165, 1.54) is 16.3 Å². The van der Waals surface area contributed by atoms with Crippen molar-refractivity contribution in [1.82, 2.24) is 19.6 Å². The maximum Gasteiger partial charge on any atom is 0.350 e. The summed E-state index contributed by atoms with van der Waals surface area (Å²) in [5, 5.41) is 13.8. The molecule has 23 heavy (non-hydrogen) atoms. The highest BCUT2D eigenvalue weighted by molar-refractivity contribution is 7.99. The second-order valence-corrected chi connectivity index (χ2v) is 5.69. The smallest absolute Gasteiger partial charge is 0.285 e. The third kappa shape index (κ3) is 2.70. The van der Waals surface area contributed by atoms with Crippen LogP contribution in [0.2, 0.25) is 0 Å². The van der Waals surface area contributed by atoms with E-state index in [1.54, 1.807) is 25.1 Å². The molecular formula is C16H11N5OS. The van der Waals surface area contributed by atoms with Gasteiger partial charge in [-0.25, -0.2) is 9.78 Å². The van der Waals surface area contributed by atoms with Gasteiger partial charge in [0.2, 0.25) is 0 Å². The Morgan fingerprint density at radius 3 is 3.04 bits per heavy atom.